The molecule has 3 fully saturated rings. The lowest BCUT2D eigenvalue weighted by Crippen LogP contribution is -2.52. The van der Waals surface area contributed by atoms with Crippen LogP contribution in [-0.2, 0) is 130 Å². The van der Waals surface area contributed by atoms with Crippen molar-refractivity contribution in [1.82, 2.24) is 76.5 Å². The van der Waals surface area contributed by atoms with Crippen LogP contribution in [0.15, 0.2) is 30.7 Å². The van der Waals surface area contributed by atoms with Crippen molar-refractivity contribution in [3.63, 3.8) is 0 Å². The molecule has 7 rings (SSSR count). The highest BCUT2D eigenvalue weighted by Crippen LogP contribution is 2.29. The first-order chi connectivity index (χ1) is 57.8. The van der Waals surface area contributed by atoms with Crippen LogP contribution in [0.2, 0.25) is 0 Å². The molecule has 0 spiro atoms. The number of nitrogens with zero attached hydrogens (tertiary/aromatic N) is 10. The highest BCUT2D eigenvalue weighted by Gasteiger charge is 2.41. The van der Waals surface area contributed by atoms with E-state index in [1.165, 1.54) is 26.2 Å². The van der Waals surface area contributed by atoms with E-state index in [9.17, 15) is 79.5 Å². The number of ether oxygens (including phenoxy) is 12. The fourth-order valence-corrected chi connectivity index (χ4v) is 13.6. The third-order valence-corrected chi connectivity index (χ3v) is 20.5. The van der Waals surface area contributed by atoms with E-state index >= 15 is 0 Å². The van der Waals surface area contributed by atoms with Gasteiger partial charge in [0.25, 0.3) is 11.8 Å². The molecule has 12 atom stereocenters. The van der Waals surface area contributed by atoms with Gasteiger partial charge < -0.3 is 129 Å². The molecule has 0 aromatic carbocycles. The van der Waals surface area contributed by atoms with Crippen molar-refractivity contribution < 1.29 is 136 Å². The molecule has 7 amide bonds. The maximum absolute atomic E-state index is 14.1. The summed E-state index contributed by atoms with van der Waals surface area (Å²) in [5.74, 6) is -3.66. The maximum Gasteiger partial charge on any atom is 0.253 e. The Labute approximate surface area is 691 Å². The Kier molecular flexibility index (Phi) is 47.6. The van der Waals surface area contributed by atoms with Gasteiger partial charge in [0.15, 0.2) is 0 Å². The summed E-state index contributed by atoms with van der Waals surface area (Å²) in [6.45, 7) is 4.43. The molecule has 674 valence electrons. The minimum atomic E-state index is -1.23. The normalized spacial score (nSPS) is 22.1. The van der Waals surface area contributed by atoms with Gasteiger partial charge in [-0.25, -0.2) is 0 Å². The second-order valence-corrected chi connectivity index (χ2v) is 29.7. The van der Waals surface area contributed by atoms with Crippen LogP contribution in [0.1, 0.15) is 120 Å². The average Bonchev–Trinajstić information content (AvgIpc) is 1.81. The van der Waals surface area contributed by atoms with Crippen LogP contribution in [-0.4, -0.2) is 369 Å². The van der Waals surface area contributed by atoms with Crippen molar-refractivity contribution in [2.24, 2.45) is 17.8 Å². The van der Waals surface area contributed by atoms with Crippen molar-refractivity contribution in [3.05, 3.63) is 47.8 Å². The van der Waals surface area contributed by atoms with Crippen molar-refractivity contribution in [1.29, 1.82) is 0 Å². The summed E-state index contributed by atoms with van der Waals surface area (Å²) in [5.41, 5.74) is 0.435. The quantitative estimate of drug-likeness (QED) is 0.0186. The molecule has 3 saturated heterocycles. The number of hydrogen-bond acceptors (Lipinski definition) is 34. The predicted molar refractivity (Wildman–Crippen MR) is 414 cm³/mol. The Morgan fingerprint density at radius 1 is 0.378 bits per heavy atom. The zero-order valence-electron chi connectivity index (χ0n) is 68.0. The number of aliphatic hydroxyl groups is 9. The monoisotopic (exact) mass is 1700 g/mol. The first kappa shape index (κ1) is 98.9. The van der Waals surface area contributed by atoms with E-state index in [0.717, 1.165) is 43.4 Å². The molecule has 119 heavy (non-hydrogen) atoms. The summed E-state index contributed by atoms with van der Waals surface area (Å²) >= 11 is 0. The number of nitrogens with one attached hydrogen (secondary N) is 5. The lowest BCUT2D eigenvalue weighted by molar-refractivity contribution is -0.177. The second kappa shape index (κ2) is 57.2. The summed E-state index contributed by atoms with van der Waals surface area (Å²) in [6.07, 6.45) is 4.81. The Balaban J connectivity index is 0.830. The molecule has 4 aliphatic heterocycles. The van der Waals surface area contributed by atoms with Gasteiger partial charge in [0.05, 0.1) is 215 Å². The lowest BCUT2D eigenvalue weighted by atomic mass is 9.82. The highest BCUT2D eigenvalue weighted by atomic mass is 16.6. The lowest BCUT2D eigenvalue weighted by Gasteiger charge is -2.36. The topological polar surface area (TPSA) is 568 Å². The van der Waals surface area contributed by atoms with Crippen LogP contribution >= 0.6 is 0 Å². The van der Waals surface area contributed by atoms with Gasteiger partial charge in [-0.3, -0.25) is 52.5 Å². The van der Waals surface area contributed by atoms with Crippen LogP contribution < -0.4 is 26.6 Å². The molecular weight excluding hydrogens is 1570 g/mol. The van der Waals surface area contributed by atoms with E-state index in [1.807, 2.05) is 0 Å². The molecule has 3 aromatic heterocycles. The van der Waals surface area contributed by atoms with E-state index in [1.54, 1.807) is 18.6 Å². The summed E-state index contributed by atoms with van der Waals surface area (Å²) < 4.78 is 72.1. The van der Waals surface area contributed by atoms with Gasteiger partial charge in [-0.15, -0.1) is 15.3 Å². The molecular formula is C76H127N15O28. The number of aliphatic hydroxyl groups excluding tert-OH is 9. The first-order valence-corrected chi connectivity index (χ1v) is 41.3. The third kappa shape index (κ3) is 38.0. The van der Waals surface area contributed by atoms with E-state index in [0.29, 0.717) is 36.3 Å². The van der Waals surface area contributed by atoms with E-state index < -0.39 is 110 Å². The van der Waals surface area contributed by atoms with Gasteiger partial charge in [-0.2, -0.15) is 0 Å². The fraction of sp³-hybridized carbons (Fsp3) is 0.803. The molecule has 0 radical (unpaired) electrons. The van der Waals surface area contributed by atoms with Crippen molar-refractivity contribution in [2.45, 2.75) is 203 Å². The molecule has 3 aromatic rings. The van der Waals surface area contributed by atoms with Crippen LogP contribution in [0.25, 0.3) is 0 Å². The molecule has 0 unspecified atom stereocenters. The van der Waals surface area contributed by atoms with Gasteiger partial charge >= 0.3 is 0 Å². The maximum atomic E-state index is 14.1. The second-order valence-electron chi connectivity index (χ2n) is 29.7. The Morgan fingerprint density at radius 3 is 0.992 bits per heavy atom. The molecule has 43 heteroatoms. The summed E-state index contributed by atoms with van der Waals surface area (Å²) in [5, 5.41) is 129. The number of rotatable bonds is 66. The van der Waals surface area contributed by atoms with Crippen LogP contribution in [0.3, 0.4) is 0 Å². The number of aromatic nitrogens is 9. The first-order valence-electron chi connectivity index (χ1n) is 41.3. The van der Waals surface area contributed by atoms with Gasteiger partial charge in [0.1, 0.15) is 53.7 Å². The number of amides is 7. The Morgan fingerprint density at radius 2 is 0.664 bits per heavy atom. The van der Waals surface area contributed by atoms with Crippen molar-refractivity contribution in [2.75, 3.05) is 171 Å². The standard InChI is InChI=1S/C76H127N15O28/c92-45-60-73(105)70(102)54(48-117-60)39-88-42-57(82-85-88)51-114-36-33-111-30-27-108-24-20-78-64(96)13-16-76(81-67(99)10-8-6-4-2-1-3-5-7-9-63(95)77-19-23-91-68(100)11-12-69(91)101,17-14-65(97)79-21-25-109-28-31-112-34-37-115-52-58-43-89(86-83-58)40-55-49-118-61(46-93)74(106)71(55)103)18-15-66(98)80-22-26-110-29-32-113-35-38-116-53-59-44-90(87-84-59)41-56-50-119-62(47-94)75(107)72(56)104/h11-12,42-44,54-56,60-62,70-75,92-94,102-107H,1-10,13-41,45-53H2,(H,77,95)(H,78,96)(H,79,97)(H,80,98)(H,81,99)/t54-,55-,56-,60+,61+,62+,70+,71+,72+,73-,74-,75-/m0/s1. The SMILES string of the molecule is O=C(CCCCCCCCCCC(=O)NC(CCC(=O)NCCOCCOCCOCc1cn(C[C@H]2CO[C@H](CO)[C@H](O)[C@@H]2O)nn1)(CCC(=O)NCCOCCOCCOCc1cn(C[C@H]2CO[C@H](CO)[C@H](O)[C@@H]2O)nn1)CCC(=O)NCCOCCOCCOCc1cn(C[C@H]2CO[C@H](CO)[C@H](O)[C@@H]2O)nn1)NCCN1C(=O)C=CC1=O. The largest absolute Gasteiger partial charge is 0.394 e. The molecule has 4 aliphatic rings. The average molecular weight is 1700 g/mol. The highest BCUT2D eigenvalue weighted by molar-refractivity contribution is 6.12. The molecule has 14 N–H and O–H groups in total. The molecule has 7 heterocycles. The number of carbonyl (C=O) groups is 7. The van der Waals surface area contributed by atoms with Crippen molar-refractivity contribution in [3.8, 4) is 0 Å². The minimum absolute atomic E-state index is 0.0757. The Hall–Kier alpha value is -7.19. The smallest absolute Gasteiger partial charge is 0.253 e. The van der Waals surface area contributed by atoms with Gasteiger partial charge in [-0.05, 0) is 32.1 Å². The predicted octanol–water partition coefficient (Wildman–Crippen LogP) is -4.82. The van der Waals surface area contributed by atoms with Crippen LogP contribution in [0.4, 0.5) is 0 Å². The fourth-order valence-electron chi connectivity index (χ4n) is 13.6. The van der Waals surface area contributed by atoms with E-state index in [4.69, 9.17) is 56.8 Å². The molecule has 43 nitrogen and oxygen atoms in total. The van der Waals surface area contributed by atoms with E-state index in [2.05, 4.69) is 57.5 Å². The molecule has 0 aliphatic carbocycles. The molecule has 0 saturated carbocycles. The van der Waals surface area contributed by atoms with Gasteiger partial charge in [0, 0.05) is 100 Å². The number of carbonyl (C=O) groups excluding carboxylic acids is 7. The Bertz CT molecular complexity index is 3110. The van der Waals surface area contributed by atoms with E-state index in [-0.39, 0.29) is 266 Å². The summed E-state index contributed by atoms with van der Waals surface area (Å²) in [6, 6.07) is 0. The number of unbranched alkanes of at least 4 members (excludes halogenated alkanes) is 7. The van der Waals surface area contributed by atoms with Gasteiger partial charge in [0.2, 0.25) is 29.5 Å². The zero-order valence-corrected chi connectivity index (χ0v) is 68.0. The van der Waals surface area contributed by atoms with Gasteiger partial charge in [-0.1, -0.05) is 54.2 Å². The molecule has 0 bridgehead atoms. The summed E-state index contributed by atoms with van der Waals surface area (Å²) in [4.78, 5) is 92.1. The third-order valence-electron chi connectivity index (χ3n) is 20.5. The zero-order chi connectivity index (χ0) is 85.3. The number of hydrogen-bond donors (Lipinski definition) is 14. The summed E-state index contributed by atoms with van der Waals surface area (Å²) in [7, 11) is 0. The van der Waals surface area contributed by atoms with Crippen molar-refractivity contribution >= 4 is 41.4 Å². The number of imide groups is 1. The minimum Gasteiger partial charge on any atom is -0.394 e. The van der Waals surface area contributed by atoms with Crippen LogP contribution in [0.5, 0.6) is 0 Å². The van der Waals surface area contributed by atoms with Crippen LogP contribution in [0, 0.1) is 17.8 Å².